The first-order valence-electron chi connectivity index (χ1n) is 4.32. The first-order valence-corrected chi connectivity index (χ1v) is 4.32. The highest BCUT2D eigenvalue weighted by Crippen LogP contribution is 2.27. The van der Waals surface area contributed by atoms with Crippen molar-refractivity contribution >= 4 is 5.97 Å². The summed E-state index contributed by atoms with van der Waals surface area (Å²) in [5.74, 6) is -3.41. The van der Waals surface area contributed by atoms with E-state index in [9.17, 15) is 18.0 Å². The summed E-state index contributed by atoms with van der Waals surface area (Å²) in [6, 6.07) is 0.571. The van der Waals surface area contributed by atoms with Crippen molar-refractivity contribution < 1.29 is 27.8 Å². The third-order valence-corrected chi connectivity index (χ3v) is 1.69. The van der Waals surface area contributed by atoms with E-state index in [1.54, 1.807) is 0 Å². The molecule has 0 spiro atoms. The van der Waals surface area contributed by atoms with Gasteiger partial charge in [0.05, 0.1) is 6.61 Å². The van der Waals surface area contributed by atoms with Crippen molar-refractivity contribution in [2.75, 3.05) is 6.61 Å². The second-order valence-electron chi connectivity index (χ2n) is 2.75. The van der Waals surface area contributed by atoms with Gasteiger partial charge in [0.25, 0.3) is 6.43 Å². The fourth-order valence-corrected chi connectivity index (χ4v) is 1.01. The molecule has 0 unspecified atom stereocenters. The summed E-state index contributed by atoms with van der Waals surface area (Å²) in [7, 11) is 0. The number of carbonyl (C=O) groups excluding carboxylic acids is 1. The van der Waals surface area contributed by atoms with Crippen molar-refractivity contribution in [2.45, 2.75) is 13.3 Å². The molecule has 1 rings (SSSR count). The van der Waals surface area contributed by atoms with Crippen LogP contribution in [0.2, 0.25) is 0 Å². The Morgan fingerprint density at radius 1 is 1.62 bits per heavy atom. The van der Waals surface area contributed by atoms with E-state index in [-0.39, 0.29) is 6.61 Å². The van der Waals surface area contributed by atoms with E-state index >= 15 is 0 Å². The molecular formula is C9H8F3NO3. The Bertz CT molecular complexity index is 409. The molecule has 0 fully saturated rings. The summed E-state index contributed by atoms with van der Waals surface area (Å²) >= 11 is 0. The van der Waals surface area contributed by atoms with Gasteiger partial charge in [-0.3, -0.25) is 0 Å². The van der Waals surface area contributed by atoms with Crippen LogP contribution < -0.4 is 0 Å². The summed E-state index contributed by atoms with van der Waals surface area (Å²) in [5.41, 5.74) is -1.78. The van der Waals surface area contributed by atoms with E-state index in [0.717, 1.165) is 0 Å². The number of halogens is 3. The second-order valence-corrected chi connectivity index (χ2v) is 2.75. The fourth-order valence-electron chi connectivity index (χ4n) is 1.01. The molecule has 88 valence electrons. The molecule has 1 heterocycles. The number of ether oxygens (including phenoxy) is 1. The van der Waals surface area contributed by atoms with E-state index in [4.69, 9.17) is 5.11 Å². The molecule has 0 aromatic carbocycles. The number of aromatic nitrogens is 1. The van der Waals surface area contributed by atoms with Crippen molar-refractivity contribution in [1.29, 1.82) is 0 Å². The van der Waals surface area contributed by atoms with Crippen LogP contribution in [0, 0.1) is 5.95 Å². The van der Waals surface area contributed by atoms with Crippen LogP contribution >= 0.6 is 0 Å². The Morgan fingerprint density at radius 2 is 2.25 bits per heavy atom. The average Bonchev–Trinajstić information content (AvgIpc) is 2.20. The van der Waals surface area contributed by atoms with Gasteiger partial charge in [-0.25, -0.2) is 18.6 Å². The Labute approximate surface area is 88.7 Å². The molecule has 0 aliphatic rings. The lowest BCUT2D eigenvalue weighted by molar-refractivity contribution is 0.0518. The summed E-state index contributed by atoms with van der Waals surface area (Å²) < 4.78 is 41.9. The van der Waals surface area contributed by atoms with Gasteiger partial charge in [-0.15, -0.1) is 0 Å². The van der Waals surface area contributed by atoms with Gasteiger partial charge in [0.15, 0.2) is 5.69 Å². The maximum Gasteiger partial charge on any atom is 0.342 e. The van der Waals surface area contributed by atoms with Crippen LogP contribution in [-0.2, 0) is 4.74 Å². The molecule has 1 N–H and O–H groups in total. The van der Waals surface area contributed by atoms with E-state index in [0.29, 0.717) is 6.07 Å². The van der Waals surface area contributed by atoms with Gasteiger partial charge in [-0.1, -0.05) is 0 Å². The quantitative estimate of drug-likeness (QED) is 0.643. The Hall–Kier alpha value is -1.79. The van der Waals surface area contributed by atoms with Gasteiger partial charge in [0.1, 0.15) is 11.3 Å². The first kappa shape index (κ1) is 12.3. The summed E-state index contributed by atoms with van der Waals surface area (Å²) in [4.78, 5) is 13.9. The van der Waals surface area contributed by atoms with Crippen molar-refractivity contribution in [2.24, 2.45) is 0 Å². The predicted molar refractivity (Wildman–Crippen MR) is 46.8 cm³/mol. The van der Waals surface area contributed by atoms with Crippen LogP contribution in [0.4, 0.5) is 13.2 Å². The van der Waals surface area contributed by atoms with Crippen LogP contribution in [0.25, 0.3) is 0 Å². The van der Waals surface area contributed by atoms with Crippen LogP contribution in [0.5, 0.6) is 5.75 Å². The number of esters is 1. The highest BCUT2D eigenvalue weighted by atomic mass is 19.3. The summed E-state index contributed by atoms with van der Waals surface area (Å²) in [5, 5.41) is 9.09. The minimum atomic E-state index is -3.12. The average molecular weight is 235 g/mol. The maximum atomic E-state index is 13.1. The number of hydrogen-bond donors (Lipinski definition) is 1. The lowest BCUT2D eigenvalue weighted by Crippen LogP contribution is -2.10. The zero-order chi connectivity index (χ0) is 12.3. The van der Waals surface area contributed by atoms with Gasteiger partial charge in [0, 0.05) is 6.07 Å². The van der Waals surface area contributed by atoms with Crippen molar-refractivity contribution in [3.05, 3.63) is 23.3 Å². The topological polar surface area (TPSA) is 59.4 Å². The number of alkyl halides is 2. The molecule has 0 saturated carbocycles. The standard InChI is InChI=1S/C9H8F3NO3/c1-2-16-9(15)4-3-5(14)6(7(10)11)13-8(4)12/h3,7,14H,2H2,1H3. The van der Waals surface area contributed by atoms with Crippen LogP contribution in [0.15, 0.2) is 6.07 Å². The van der Waals surface area contributed by atoms with Gasteiger partial charge in [0.2, 0.25) is 5.95 Å². The zero-order valence-corrected chi connectivity index (χ0v) is 8.21. The summed E-state index contributed by atoms with van der Waals surface area (Å²) in [6.45, 7) is 1.49. The van der Waals surface area contributed by atoms with Crippen molar-refractivity contribution in [1.82, 2.24) is 4.98 Å². The zero-order valence-electron chi connectivity index (χ0n) is 8.21. The normalized spacial score (nSPS) is 10.6. The molecule has 0 radical (unpaired) electrons. The molecule has 4 nitrogen and oxygen atoms in total. The molecule has 0 aliphatic heterocycles. The highest BCUT2D eigenvalue weighted by molar-refractivity contribution is 5.89. The fraction of sp³-hybridized carbons (Fsp3) is 0.333. The van der Waals surface area contributed by atoms with Crippen LogP contribution in [-0.4, -0.2) is 22.7 Å². The number of hydrogen-bond acceptors (Lipinski definition) is 4. The highest BCUT2D eigenvalue weighted by Gasteiger charge is 2.22. The third-order valence-electron chi connectivity index (χ3n) is 1.69. The molecule has 0 bridgehead atoms. The smallest absolute Gasteiger partial charge is 0.342 e. The first-order chi connectivity index (χ1) is 7.47. The van der Waals surface area contributed by atoms with Crippen molar-refractivity contribution in [3.63, 3.8) is 0 Å². The molecule has 0 amide bonds. The Balaban J connectivity index is 3.15. The largest absolute Gasteiger partial charge is 0.506 e. The number of carbonyl (C=O) groups is 1. The minimum absolute atomic E-state index is 0.00433. The molecule has 0 saturated heterocycles. The maximum absolute atomic E-state index is 13.1. The van der Waals surface area contributed by atoms with Gasteiger partial charge >= 0.3 is 5.97 Å². The molecular weight excluding hydrogens is 227 g/mol. The molecule has 1 aromatic heterocycles. The number of rotatable bonds is 3. The molecule has 7 heteroatoms. The number of nitrogens with zero attached hydrogens (tertiary/aromatic N) is 1. The van der Waals surface area contributed by atoms with Crippen molar-refractivity contribution in [3.8, 4) is 5.75 Å². The monoisotopic (exact) mass is 235 g/mol. The van der Waals surface area contributed by atoms with E-state index in [1.165, 1.54) is 6.92 Å². The summed E-state index contributed by atoms with van der Waals surface area (Å²) in [6.07, 6.45) is -3.12. The predicted octanol–water partition coefficient (Wildman–Crippen LogP) is 2.04. The van der Waals surface area contributed by atoms with E-state index in [1.807, 2.05) is 0 Å². The van der Waals surface area contributed by atoms with Gasteiger partial charge in [-0.05, 0) is 6.92 Å². The number of aromatic hydroxyl groups is 1. The third kappa shape index (κ3) is 2.41. The molecule has 0 aliphatic carbocycles. The Kier molecular flexibility index (Phi) is 3.70. The Morgan fingerprint density at radius 3 is 2.75 bits per heavy atom. The van der Waals surface area contributed by atoms with E-state index in [2.05, 4.69) is 9.72 Å². The minimum Gasteiger partial charge on any atom is -0.506 e. The lowest BCUT2D eigenvalue weighted by atomic mass is 10.2. The lowest BCUT2D eigenvalue weighted by Gasteiger charge is -2.06. The second kappa shape index (κ2) is 4.82. The molecule has 16 heavy (non-hydrogen) atoms. The van der Waals surface area contributed by atoms with Gasteiger partial charge < -0.3 is 9.84 Å². The number of pyridine rings is 1. The van der Waals surface area contributed by atoms with Crippen LogP contribution in [0.3, 0.4) is 0 Å². The molecule has 1 aromatic rings. The molecule has 0 atom stereocenters. The van der Waals surface area contributed by atoms with Crippen LogP contribution in [0.1, 0.15) is 29.4 Å². The van der Waals surface area contributed by atoms with E-state index < -0.39 is 35.3 Å². The van der Waals surface area contributed by atoms with Gasteiger partial charge in [-0.2, -0.15) is 4.39 Å². The SMILES string of the molecule is CCOC(=O)c1cc(O)c(C(F)F)nc1F.